The number of non-ortho nitro benzene ring substituents is 1. The predicted octanol–water partition coefficient (Wildman–Crippen LogP) is 1.63. The minimum atomic E-state index is -0.597. The van der Waals surface area contributed by atoms with E-state index in [0.717, 1.165) is 4.90 Å². The minimum absolute atomic E-state index is 0.140. The van der Waals surface area contributed by atoms with Gasteiger partial charge in [-0.05, 0) is 24.6 Å². The van der Waals surface area contributed by atoms with E-state index in [4.69, 9.17) is 4.74 Å². The van der Waals surface area contributed by atoms with E-state index in [9.17, 15) is 24.5 Å². The molecule has 3 rings (SSSR count). The number of hydrogen-bond donors (Lipinski definition) is 2. The molecule has 1 heterocycles. The SMILES string of the molecule is CNC(=O)c1c(C)cccc1NC(=O)CN1C(=O)COc2ccc([N+](=O)[O-])cc21. The van der Waals surface area contributed by atoms with Crippen LogP contribution in [0.5, 0.6) is 5.75 Å². The van der Waals surface area contributed by atoms with Crippen LogP contribution < -0.4 is 20.3 Å². The van der Waals surface area contributed by atoms with Gasteiger partial charge in [-0.2, -0.15) is 0 Å². The highest BCUT2D eigenvalue weighted by molar-refractivity contribution is 6.08. The van der Waals surface area contributed by atoms with Crippen molar-refractivity contribution in [3.05, 3.63) is 57.6 Å². The molecule has 1 aliphatic rings. The third-order valence-corrected chi connectivity index (χ3v) is 4.40. The third-order valence-electron chi connectivity index (χ3n) is 4.40. The van der Waals surface area contributed by atoms with Crippen LogP contribution in [0, 0.1) is 17.0 Å². The van der Waals surface area contributed by atoms with Crippen molar-refractivity contribution >= 4 is 34.8 Å². The normalized spacial score (nSPS) is 12.6. The number of nitrogens with one attached hydrogen (secondary N) is 2. The van der Waals surface area contributed by atoms with Gasteiger partial charge < -0.3 is 15.4 Å². The number of fused-ring (bicyclic) bond motifs is 1. The number of nitrogens with zero attached hydrogens (tertiary/aromatic N) is 2. The van der Waals surface area contributed by atoms with Gasteiger partial charge in [0.2, 0.25) is 5.91 Å². The molecule has 0 fully saturated rings. The first-order valence-electron chi connectivity index (χ1n) is 8.65. The van der Waals surface area contributed by atoms with Crippen molar-refractivity contribution in [1.82, 2.24) is 5.32 Å². The second-order valence-electron chi connectivity index (χ2n) is 6.30. The lowest BCUT2D eigenvalue weighted by Gasteiger charge is -2.28. The lowest BCUT2D eigenvalue weighted by Crippen LogP contribution is -2.43. The summed E-state index contributed by atoms with van der Waals surface area (Å²) in [5.74, 6) is -1.16. The molecule has 0 aromatic heterocycles. The van der Waals surface area contributed by atoms with Crippen LogP contribution in [-0.4, -0.2) is 42.8 Å². The Balaban J connectivity index is 1.86. The van der Waals surface area contributed by atoms with Crippen LogP contribution in [0.3, 0.4) is 0 Å². The standard InChI is InChI=1S/C19H18N4O6/c1-11-4-3-5-13(18(11)19(26)20-2)21-16(24)9-22-14-8-12(23(27)28)6-7-15(14)29-10-17(22)25/h3-8H,9-10H2,1-2H3,(H,20,26)(H,21,24). The van der Waals surface area contributed by atoms with Gasteiger partial charge in [0.25, 0.3) is 17.5 Å². The molecule has 0 radical (unpaired) electrons. The van der Waals surface area contributed by atoms with Gasteiger partial charge in [-0.15, -0.1) is 0 Å². The van der Waals surface area contributed by atoms with E-state index in [1.165, 1.54) is 25.2 Å². The lowest BCUT2D eigenvalue weighted by atomic mass is 10.1. The summed E-state index contributed by atoms with van der Waals surface area (Å²) in [6.45, 7) is 1.06. The first kappa shape index (κ1) is 19.8. The Morgan fingerprint density at radius 2 is 2.03 bits per heavy atom. The average Bonchev–Trinajstić information content (AvgIpc) is 2.69. The quantitative estimate of drug-likeness (QED) is 0.581. The van der Waals surface area contributed by atoms with Gasteiger partial charge >= 0.3 is 0 Å². The molecular formula is C19H18N4O6. The fourth-order valence-electron chi connectivity index (χ4n) is 3.01. The van der Waals surface area contributed by atoms with Crippen molar-refractivity contribution in [2.45, 2.75) is 6.92 Å². The summed E-state index contributed by atoms with van der Waals surface area (Å²) in [6.07, 6.45) is 0. The second-order valence-corrected chi connectivity index (χ2v) is 6.30. The fourth-order valence-corrected chi connectivity index (χ4v) is 3.01. The average molecular weight is 398 g/mol. The molecule has 2 N–H and O–H groups in total. The van der Waals surface area contributed by atoms with Crippen molar-refractivity contribution in [1.29, 1.82) is 0 Å². The maximum Gasteiger partial charge on any atom is 0.271 e. The van der Waals surface area contributed by atoms with Crippen molar-refractivity contribution in [2.75, 3.05) is 30.4 Å². The number of nitro benzene ring substituents is 1. The first-order chi connectivity index (χ1) is 13.8. The Morgan fingerprint density at radius 3 is 2.72 bits per heavy atom. The summed E-state index contributed by atoms with van der Waals surface area (Å²) in [5, 5.41) is 16.2. The summed E-state index contributed by atoms with van der Waals surface area (Å²) in [6, 6.07) is 8.83. The van der Waals surface area contributed by atoms with Crippen molar-refractivity contribution < 1.29 is 24.0 Å². The van der Waals surface area contributed by atoms with Crippen LogP contribution in [-0.2, 0) is 9.59 Å². The monoisotopic (exact) mass is 398 g/mol. The van der Waals surface area contributed by atoms with Gasteiger partial charge in [-0.3, -0.25) is 29.4 Å². The Hall–Kier alpha value is -3.95. The fraction of sp³-hybridized carbons (Fsp3) is 0.211. The minimum Gasteiger partial charge on any atom is -0.482 e. The molecule has 0 aliphatic carbocycles. The van der Waals surface area contributed by atoms with E-state index in [1.54, 1.807) is 25.1 Å². The van der Waals surface area contributed by atoms with Gasteiger partial charge in [-0.1, -0.05) is 12.1 Å². The summed E-state index contributed by atoms with van der Waals surface area (Å²) < 4.78 is 5.28. The molecule has 29 heavy (non-hydrogen) atoms. The van der Waals surface area contributed by atoms with Gasteiger partial charge in [0.1, 0.15) is 12.3 Å². The molecule has 0 saturated heterocycles. The summed E-state index contributed by atoms with van der Waals surface area (Å²) in [5.41, 5.74) is 1.20. The number of aryl methyl sites for hydroxylation is 1. The molecule has 10 nitrogen and oxygen atoms in total. The van der Waals surface area contributed by atoms with E-state index in [2.05, 4.69) is 10.6 Å². The number of nitro groups is 1. The van der Waals surface area contributed by atoms with Gasteiger partial charge in [0.15, 0.2) is 6.61 Å². The molecule has 1 aliphatic heterocycles. The number of benzene rings is 2. The Bertz CT molecular complexity index is 1020. The molecule has 150 valence electrons. The Morgan fingerprint density at radius 1 is 1.28 bits per heavy atom. The van der Waals surface area contributed by atoms with Crippen molar-refractivity contribution in [3.63, 3.8) is 0 Å². The molecule has 0 spiro atoms. The Kier molecular flexibility index (Phi) is 5.44. The zero-order valence-corrected chi connectivity index (χ0v) is 15.7. The zero-order valence-electron chi connectivity index (χ0n) is 15.7. The predicted molar refractivity (Wildman–Crippen MR) is 104 cm³/mol. The van der Waals surface area contributed by atoms with Crippen LogP contribution in [0.2, 0.25) is 0 Å². The highest BCUT2D eigenvalue weighted by Gasteiger charge is 2.29. The van der Waals surface area contributed by atoms with E-state index in [1.807, 2.05) is 0 Å². The summed E-state index contributed by atoms with van der Waals surface area (Å²) in [4.78, 5) is 48.6. The third kappa shape index (κ3) is 4.00. The molecule has 2 aromatic rings. The van der Waals surface area contributed by atoms with Crippen LogP contribution in [0.4, 0.5) is 17.1 Å². The number of carbonyl (C=O) groups excluding carboxylic acids is 3. The van der Waals surface area contributed by atoms with Crippen LogP contribution in [0.25, 0.3) is 0 Å². The number of anilines is 2. The number of ether oxygens (including phenoxy) is 1. The largest absolute Gasteiger partial charge is 0.482 e. The highest BCUT2D eigenvalue weighted by atomic mass is 16.6. The molecule has 10 heteroatoms. The maximum absolute atomic E-state index is 12.6. The van der Waals surface area contributed by atoms with Gasteiger partial charge in [-0.25, -0.2) is 0 Å². The van der Waals surface area contributed by atoms with E-state index in [-0.39, 0.29) is 29.6 Å². The van der Waals surface area contributed by atoms with Crippen molar-refractivity contribution in [3.8, 4) is 5.75 Å². The maximum atomic E-state index is 12.6. The van der Waals surface area contributed by atoms with Gasteiger partial charge in [0, 0.05) is 19.2 Å². The number of rotatable bonds is 5. The van der Waals surface area contributed by atoms with Crippen LogP contribution in [0.1, 0.15) is 15.9 Å². The number of amides is 3. The molecule has 3 amide bonds. The topological polar surface area (TPSA) is 131 Å². The zero-order chi connectivity index (χ0) is 21.1. The highest BCUT2D eigenvalue weighted by Crippen LogP contribution is 2.35. The summed E-state index contributed by atoms with van der Waals surface area (Å²) >= 11 is 0. The smallest absolute Gasteiger partial charge is 0.271 e. The number of hydrogen-bond acceptors (Lipinski definition) is 6. The molecule has 2 aromatic carbocycles. The van der Waals surface area contributed by atoms with Crippen molar-refractivity contribution in [2.24, 2.45) is 0 Å². The number of carbonyl (C=O) groups is 3. The molecule has 0 saturated carbocycles. The lowest BCUT2D eigenvalue weighted by molar-refractivity contribution is -0.384. The first-order valence-corrected chi connectivity index (χ1v) is 8.65. The molecule has 0 atom stereocenters. The van der Waals surface area contributed by atoms with Crippen LogP contribution >= 0.6 is 0 Å². The van der Waals surface area contributed by atoms with E-state index in [0.29, 0.717) is 16.8 Å². The summed E-state index contributed by atoms with van der Waals surface area (Å²) in [7, 11) is 1.48. The second kappa shape index (κ2) is 7.97. The molecule has 0 bridgehead atoms. The van der Waals surface area contributed by atoms with Crippen LogP contribution in [0.15, 0.2) is 36.4 Å². The Labute approximate surface area is 165 Å². The molecule has 0 unspecified atom stereocenters. The van der Waals surface area contributed by atoms with Gasteiger partial charge in [0.05, 0.1) is 21.9 Å². The molecular weight excluding hydrogens is 380 g/mol. The van der Waals surface area contributed by atoms with E-state index >= 15 is 0 Å². The van der Waals surface area contributed by atoms with E-state index < -0.39 is 23.3 Å².